The highest BCUT2D eigenvalue weighted by atomic mass is 16.8. The van der Waals surface area contributed by atoms with Gasteiger partial charge in [0.15, 0.2) is 18.9 Å². The fraction of sp³-hybridized carbons (Fsp3) is 0.817. The summed E-state index contributed by atoms with van der Waals surface area (Å²) in [5, 5.41) is 101. The summed E-state index contributed by atoms with van der Waals surface area (Å²) < 4.78 is 121. The number of aliphatic hydroxyl groups is 6. The fourth-order valence-electron chi connectivity index (χ4n) is 15.5. The molecule has 15 atom stereocenters. The van der Waals surface area contributed by atoms with Gasteiger partial charge in [-0.15, -0.1) is 15.3 Å². The molecule has 10 N–H and O–H groups in total. The van der Waals surface area contributed by atoms with E-state index in [1.807, 2.05) is 6.20 Å². The van der Waals surface area contributed by atoms with Gasteiger partial charge in [-0.25, -0.2) is 14.0 Å². The van der Waals surface area contributed by atoms with E-state index in [2.05, 4.69) is 52.2 Å². The summed E-state index contributed by atoms with van der Waals surface area (Å²) in [5.74, 6) is -1.89. The first-order valence-electron chi connectivity index (χ1n) is 44.4. The van der Waals surface area contributed by atoms with E-state index in [9.17, 15) is 64.2 Å². The molecule has 0 spiro atoms. The summed E-state index contributed by atoms with van der Waals surface area (Å²) in [5.41, 5.74) is -3.18. The summed E-state index contributed by atoms with van der Waals surface area (Å²) >= 11 is 0. The van der Waals surface area contributed by atoms with Crippen LogP contribution in [0.4, 0.5) is 0 Å². The zero-order valence-corrected chi connectivity index (χ0v) is 73.9. The average molecular weight is 1840 g/mol. The molecule has 0 radical (unpaired) electrons. The second kappa shape index (κ2) is 54.9. The lowest BCUT2D eigenvalue weighted by atomic mass is 9.88. The normalized spacial score (nSPS) is 25.8. The molecule has 47 heteroatoms. The number of fused-ring (bicyclic) bond motifs is 6. The molecule has 6 fully saturated rings. The second-order valence-electron chi connectivity index (χ2n) is 32.8. The Morgan fingerprint density at radius 2 is 0.721 bits per heavy atom. The first-order valence-corrected chi connectivity index (χ1v) is 44.4. The molecule has 3 aromatic rings. The topological polar surface area (TPSA) is 569 Å². The van der Waals surface area contributed by atoms with Crippen LogP contribution in [0.5, 0.6) is 0 Å². The Bertz CT molecular complexity index is 3550. The zero-order chi connectivity index (χ0) is 91.7. The van der Waals surface area contributed by atoms with Crippen LogP contribution in [0.2, 0.25) is 0 Å². The summed E-state index contributed by atoms with van der Waals surface area (Å²) in [6, 6.07) is -2.74. The van der Waals surface area contributed by atoms with E-state index in [-0.39, 0.29) is 149 Å². The largest absolute Gasteiger partial charge is 0.388 e. The number of aryl methyl sites for hydroxylation is 1. The Hall–Kier alpha value is -7.19. The van der Waals surface area contributed by atoms with Crippen molar-refractivity contribution in [1.29, 1.82) is 0 Å². The number of carbonyl (C=O) groups is 7. The third-order valence-corrected chi connectivity index (χ3v) is 22.3. The van der Waals surface area contributed by atoms with E-state index >= 15 is 0 Å². The summed E-state index contributed by atoms with van der Waals surface area (Å²) in [6.45, 7) is 11.0. The number of imide groups is 1. The Morgan fingerprint density at radius 3 is 1.08 bits per heavy atom. The highest BCUT2D eigenvalue weighted by Gasteiger charge is 2.62. The Labute approximate surface area is 747 Å². The van der Waals surface area contributed by atoms with Crippen molar-refractivity contribution in [3.63, 3.8) is 0 Å². The molecule has 10 heterocycles. The summed E-state index contributed by atoms with van der Waals surface area (Å²) in [7, 11) is 0. The van der Waals surface area contributed by atoms with Crippen LogP contribution in [0.1, 0.15) is 115 Å². The van der Waals surface area contributed by atoms with E-state index in [0.717, 1.165) is 6.42 Å². The number of hydrogen-bond donors (Lipinski definition) is 10. The van der Waals surface area contributed by atoms with Gasteiger partial charge < -0.3 is 147 Å². The number of unbranched alkanes of at least 4 members (excludes halogenated alkanes) is 5. The molecule has 47 nitrogen and oxygen atoms in total. The second-order valence-corrected chi connectivity index (χ2v) is 32.8. The highest BCUT2D eigenvalue weighted by molar-refractivity contribution is 6.12. The van der Waals surface area contributed by atoms with E-state index in [1.54, 1.807) is 26.4 Å². The van der Waals surface area contributed by atoms with Gasteiger partial charge in [0.1, 0.15) is 88.7 Å². The van der Waals surface area contributed by atoms with Gasteiger partial charge in [-0.05, 0) is 44.9 Å². The minimum absolute atomic E-state index is 0.00515. The van der Waals surface area contributed by atoms with E-state index in [4.69, 9.17) is 94.7 Å². The van der Waals surface area contributed by atoms with Gasteiger partial charge in [-0.2, -0.15) is 0 Å². The van der Waals surface area contributed by atoms with Gasteiger partial charge in [0.05, 0.1) is 248 Å². The van der Waals surface area contributed by atoms with Crippen molar-refractivity contribution >= 4 is 41.2 Å². The van der Waals surface area contributed by atoms with Crippen molar-refractivity contribution in [2.24, 2.45) is 0 Å². The molecule has 6 saturated heterocycles. The number of rotatable bonds is 71. The van der Waals surface area contributed by atoms with Crippen LogP contribution < -0.4 is 21.3 Å². The third kappa shape index (κ3) is 33.4. The number of carbonyl (C=O) groups excluding carboxylic acids is 7. The molecule has 3 aromatic heterocycles. The van der Waals surface area contributed by atoms with Gasteiger partial charge in [-0.3, -0.25) is 38.5 Å². The fourth-order valence-corrected chi connectivity index (χ4v) is 15.5. The maximum atomic E-state index is 14.3. The SMILES string of the molecule is CC(=O)N[C@H]1[C@H]2OC[C@](COCCOCCOCCOCCn3cc(CCCC(COCc4cn(CCOCCOCCOCCOC[C@@]56CO[C@@H](O5)[C@H](NC(C)=O)[C@@H](O)[C@H]6O)nn4)(COCc4cn(CCOCCOCCOCCOC[C@@]56CO[C@@H](O5)[C@H](NC(C)=O)[C@@H](O)[C@H]6O)nn4)NC(=O)CCCCCCC(=O)CCCCCN4C(=O)C=CC4=O)nn3)(O2)[C@H](O)[C@@H]1O. The average Bonchev–Trinajstić information content (AvgIpc) is 1.61. The van der Waals surface area contributed by atoms with Crippen LogP contribution in [0.15, 0.2) is 30.7 Å². The predicted molar refractivity (Wildman–Crippen MR) is 440 cm³/mol. The zero-order valence-electron chi connectivity index (χ0n) is 73.9. The number of aliphatic hydroxyl groups excluding tert-OH is 6. The number of aromatic nitrogens is 9. The number of nitrogens with zero attached hydrogens (tertiary/aromatic N) is 10. The molecule has 0 aromatic carbocycles. The molecule has 0 aliphatic carbocycles. The lowest BCUT2D eigenvalue weighted by molar-refractivity contribution is -0.238. The molecular formula is C82H132N14O33. The van der Waals surface area contributed by atoms with Crippen molar-refractivity contribution in [3.05, 3.63) is 47.8 Å². The van der Waals surface area contributed by atoms with Crippen molar-refractivity contribution < 1.29 is 159 Å². The third-order valence-electron chi connectivity index (χ3n) is 22.3. The molecule has 10 rings (SSSR count). The number of amides is 6. The minimum Gasteiger partial charge on any atom is -0.388 e. The lowest BCUT2D eigenvalue weighted by Gasteiger charge is -2.42. The molecule has 7 aliphatic rings. The van der Waals surface area contributed by atoms with Gasteiger partial charge in [0.25, 0.3) is 11.8 Å². The molecular weight excluding hydrogens is 1710 g/mol. The van der Waals surface area contributed by atoms with Crippen molar-refractivity contribution in [1.82, 2.24) is 71.1 Å². The number of nitrogens with one attached hydrogen (secondary N) is 4. The molecule has 728 valence electrons. The number of ether oxygens (including phenoxy) is 20. The number of ketones is 1. The van der Waals surface area contributed by atoms with Gasteiger partial charge in [0.2, 0.25) is 23.6 Å². The molecule has 0 saturated carbocycles. The Morgan fingerprint density at radius 1 is 0.403 bits per heavy atom. The highest BCUT2D eigenvalue weighted by Crippen LogP contribution is 2.40. The van der Waals surface area contributed by atoms with Gasteiger partial charge >= 0.3 is 0 Å². The number of Topliss-reactive ketones (excluding diaryl/α,β-unsaturated/α-hetero) is 1. The summed E-state index contributed by atoms with van der Waals surface area (Å²) in [4.78, 5) is 87.0. The van der Waals surface area contributed by atoms with Gasteiger partial charge in [-0.1, -0.05) is 34.9 Å². The standard InChI is InChI=1S/C82H132N14O33/c1-57(97)83-67-70(104)73(107)80(54-124-76(67)127-80)51-119-41-38-116-35-32-113-29-26-110-23-20-93-44-60(87-90-93)12-11-18-79(86-64(101)15-9-5-4-7-13-63(100)14-8-6-10-19-96-65(102)16-17-66(96)103,49-122-47-61-45-94(91-88-61)21-24-111-27-30-114-33-36-117-39-42-120-52-81-55-125-77(128-81)68(84-58(2)98)71(105)74(81)108)50-123-48-62-46-95(92-89-62)22-25-112-28-31-115-34-37-118-40-43-121-53-82-56-126-78(129-82)69(85-59(3)99)72(106)75(82)109/h16-17,44-46,67-78,104-109H,4-15,18-43,47-56H2,1-3H3,(H,83,97)(H,84,98)(H,85,99)(H,86,101)/t67-,68-,69-,70-,71-,72-,73-,74-,75-,76+,77+,78+,80+,81+,82+/m1/s1. The molecule has 0 unspecified atom stereocenters. The predicted octanol–water partition coefficient (Wildman–Crippen LogP) is -4.28. The van der Waals surface area contributed by atoms with Crippen molar-refractivity contribution in [2.45, 2.75) is 233 Å². The van der Waals surface area contributed by atoms with Crippen LogP contribution in [0.3, 0.4) is 0 Å². The first kappa shape index (κ1) is 104. The first-order chi connectivity index (χ1) is 62.5. The van der Waals surface area contributed by atoms with Crippen LogP contribution in [0, 0.1) is 0 Å². The monoisotopic (exact) mass is 1840 g/mol. The van der Waals surface area contributed by atoms with Crippen molar-refractivity contribution in [2.75, 3.05) is 198 Å². The minimum atomic E-state index is -1.35. The van der Waals surface area contributed by atoms with Crippen LogP contribution in [-0.4, -0.2) is 416 Å². The van der Waals surface area contributed by atoms with Crippen molar-refractivity contribution in [3.8, 4) is 0 Å². The van der Waals surface area contributed by atoms with E-state index in [1.165, 1.54) is 37.8 Å². The smallest absolute Gasteiger partial charge is 0.253 e. The lowest BCUT2D eigenvalue weighted by Crippen LogP contribution is -2.66. The summed E-state index contributed by atoms with van der Waals surface area (Å²) in [6.07, 6.45) is 4.20. The quantitative estimate of drug-likeness (QED) is 0.0189. The molecule has 6 amide bonds. The van der Waals surface area contributed by atoms with Crippen LogP contribution in [-0.2, 0) is 168 Å². The van der Waals surface area contributed by atoms with Gasteiger partial charge in [0, 0.05) is 64.9 Å². The number of hydrogen-bond acceptors (Lipinski definition) is 39. The van der Waals surface area contributed by atoms with E-state index < -0.39 is 114 Å². The maximum Gasteiger partial charge on any atom is 0.253 e. The Balaban J connectivity index is 0.652. The van der Waals surface area contributed by atoms with E-state index in [0.29, 0.717) is 200 Å². The van der Waals surface area contributed by atoms with Crippen LogP contribution >= 0.6 is 0 Å². The molecule has 129 heavy (non-hydrogen) atoms. The van der Waals surface area contributed by atoms with Crippen LogP contribution in [0.25, 0.3) is 0 Å². The maximum absolute atomic E-state index is 14.3. The molecule has 6 bridgehead atoms. The Kier molecular flexibility index (Phi) is 44.2. The molecule has 7 aliphatic heterocycles.